The fraction of sp³-hybridized carbons (Fsp3) is 0.800. The number of carboxylic acid groups (broad SMARTS) is 1. The van der Waals surface area contributed by atoms with Crippen molar-refractivity contribution in [3.8, 4) is 0 Å². The van der Waals surface area contributed by atoms with E-state index in [1.54, 1.807) is 13.8 Å². The number of nitrogens with zero attached hydrogens (tertiary/aromatic N) is 1. The number of carbonyl (C=O) groups is 2. The molecule has 0 aromatic carbocycles. The predicted molar refractivity (Wildman–Crippen MR) is 56.1 cm³/mol. The fourth-order valence-corrected chi connectivity index (χ4v) is 1.19. The van der Waals surface area contributed by atoms with Gasteiger partial charge >= 0.3 is 18.2 Å². The van der Waals surface area contributed by atoms with Gasteiger partial charge in [0.15, 0.2) is 6.61 Å². The van der Waals surface area contributed by atoms with Crippen LogP contribution in [0.5, 0.6) is 0 Å². The molecular formula is C10H16F3NO4. The number of hydrogen-bond acceptors (Lipinski definition) is 3. The average molecular weight is 271 g/mol. The Labute approximate surface area is 103 Å². The summed E-state index contributed by atoms with van der Waals surface area (Å²) in [5.74, 6) is -1.03. The van der Waals surface area contributed by atoms with Gasteiger partial charge in [0.25, 0.3) is 0 Å². The highest BCUT2D eigenvalue weighted by atomic mass is 19.4. The Morgan fingerprint density at radius 2 is 1.89 bits per heavy atom. The summed E-state index contributed by atoms with van der Waals surface area (Å²) in [6, 6.07) is -0.362. The van der Waals surface area contributed by atoms with E-state index in [0.29, 0.717) is 0 Å². The number of carbonyl (C=O) groups excluding carboxylic acids is 1. The topological polar surface area (TPSA) is 66.8 Å². The van der Waals surface area contributed by atoms with Gasteiger partial charge in [-0.15, -0.1) is 0 Å². The van der Waals surface area contributed by atoms with Crippen molar-refractivity contribution in [3.63, 3.8) is 0 Å². The van der Waals surface area contributed by atoms with Crippen LogP contribution in [0.25, 0.3) is 0 Å². The van der Waals surface area contributed by atoms with Gasteiger partial charge in [-0.3, -0.25) is 4.79 Å². The highest BCUT2D eigenvalue weighted by Crippen LogP contribution is 2.15. The zero-order chi connectivity index (χ0) is 14.3. The summed E-state index contributed by atoms with van der Waals surface area (Å²) in [7, 11) is 0. The summed E-state index contributed by atoms with van der Waals surface area (Å²) in [6.45, 7) is 1.61. The number of carboxylic acids is 1. The van der Waals surface area contributed by atoms with Gasteiger partial charge in [-0.1, -0.05) is 0 Å². The summed E-state index contributed by atoms with van der Waals surface area (Å²) in [5, 5.41) is 8.43. The molecule has 0 rings (SSSR count). The Morgan fingerprint density at radius 1 is 1.33 bits per heavy atom. The van der Waals surface area contributed by atoms with E-state index in [1.807, 2.05) is 0 Å². The van der Waals surface area contributed by atoms with Gasteiger partial charge in [0, 0.05) is 19.0 Å². The second-order valence-corrected chi connectivity index (χ2v) is 3.95. The molecule has 0 radical (unpaired) electrons. The number of aliphatic carboxylic acids is 1. The molecule has 1 N–H and O–H groups in total. The van der Waals surface area contributed by atoms with Crippen LogP contribution in [-0.4, -0.2) is 47.4 Å². The number of halogens is 3. The molecule has 0 fully saturated rings. The Bertz CT molecular complexity index is 291. The van der Waals surface area contributed by atoms with Gasteiger partial charge in [0.2, 0.25) is 0 Å². The van der Waals surface area contributed by atoms with Gasteiger partial charge in [-0.2, -0.15) is 13.2 Å². The molecule has 0 saturated carbocycles. The molecule has 1 amide bonds. The van der Waals surface area contributed by atoms with E-state index < -0.39 is 24.8 Å². The van der Waals surface area contributed by atoms with Gasteiger partial charge in [0.1, 0.15) is 0 Å². The fourth-order valence-electron chi connectivity index (χ4n) is 1.19. The molecule has 0 spiro atoms. The number of ether oxygens (including phenoxy) is 1. The third-order valence-electron chi connectivity index (χ3n) is 2.01. The van der Waals surface area contributed by atoms with Crippen molar-refractivity contribution in [2.24, 2.45) is 0 Å². The molecule has 106 valence electrons. The van der Waals surface area contributed by atoms with Crippen LogP contribution in [-0.2, 0) is 9.53 Å². The minimum Gasteiger partial charge on any atom is -0.481 e. The average Bonchev–Trinajstić information content (AvgIpc) is 2.19. The van der Waals surface area contributed by atoms with Crippen LogP contribution in [0.15, 0.2) is 0 Å². The third kappa shape index (κ3) is 7.75. The summed E-state index contributed by atoms with van der Waals surface area (Å²) in [6.07, 6.45) is -5.66. The SMILES string of the molecule is CC(C)N(CCCC(=O)O)C(=O)OCC(F)(F)F. The smallest absolute Gasteiger partial charge is 0.422 e. The first kappa shape index (κ1) is 16.5. The van der Waals surface area contributed by atoms with E-state index in [1.165, 1.54) is 0 Å². The maximum atomic E-state index is 11.9. The van der Waals surface area contributed by atoms with Crippen molar-refractivity contribution in [2.45, 2.75) is 38.9 Å². The van der Waals surface area contributed by atoms with E-state index in [-0.39, 0.29) is 25.4 Å². The lowest BCUT2D eigenvalue weighted by Crippen LogP contribution is -2.39. The Morgan fingerprint density at radius 3 is 2.28 bits per heavy atom. The number of rotatable bonds is 6. The molecule has 0 aromatic rings. The summed E-state index contributed by atoms with van der Waals surface area (Å²) >= 11 is 0. The molecular weight excluding hydrogens is 255 g/mol. The quantitative estimate of drug-likeness (QED) is 0.804. The molecule has 0 heterocycles. The van der Waals surface area contributed by atoms with Gasteiger partial charge in [-0.05, 0) is 20.3 Å². The van der Waals surface area contributed by atoms with E-state index >= 15 is 0 Å². The summed E-state index contributed by atoms with van der Waals surface area (Å²) in [4.78, 5) is 22.7. The summed E-state index contributed by atoms with van der Waals surface area (Å²) in [5.41, 5.74) is 0. The maximum Gasteiger partial charge on any atom is 0.422 e. The van der Waals surface area contributed by atoms with Crippen LogP contribution in [0.1, 0.15) is 26.7 Å². The minimum absolute atomic E-state index is 0.0423. The molecule has 0 aliphatic heterocycles. The van der Waals surface area contributed by atoms with Crippen LogP contribution in [0.4, 0.5) is 18.0 Å². The second-order valence-electron chi connectivity index (χ2n) is 3.95. The van der Waals surface area contributed by atoms with Crippen LogP contribution in [0, 0.1) is 0 Å². The van der Waals surface area contributed by atoms with Crippen LogP contribution >= 0.6 is 0 Å². The van der Waals surface area contributed by atoms with E-state index in [2.05, 4.69) is 4.74 Å². The molecule has 0 aromatic heterocycles. The zero-order valence-corrected chi connectivity index (χ0v) is 10.2. The van der Waals surface area contributed by atoms with Crippen molar-refractivity contribution in [1.29, 1.82) is 0 Å². The Hall–Kier alpha value is -1.47. The standard InChI is InChI=1S/C10H16F3NO4/c1-7(2)14(5-3-4-8(15)16)9(17)18-6-10(11,12)13/h7H,3-6H2,1-2H3,(H,15,16). The lowest BCUT2D eigenvalue weighted by molar-refractivity contribution is -0.162. The summed E-state index contributed by atoms with van der Waals surface area (Å²) < 4.78 is 39.7. The first-order chi connectivity index (χ1) is 8.13. The normalized spacial score (nSPS) is 11.4. The Balaban J connectivity index is 4.24. The van der Waals surface area contributed by atoms with Gasteiger partial charge in [0.05, 0.1) is 0 Å². The van der Waals surface area contributed by atoms with Crippen molar-refractivity contribution in [1.82, 2.24) is 4.90 Å². The molecule has 0 aliphatic carbocycles. The largest absolute Gasteiger partial charge is 0.481 e. The van der Waals surface area contributed by atoms with E-state index in [0.717, 1.165) is 4.90 Å². The van der Waals surface area contributed by atoms with Crippen molar-refractivity contribution >= 4 is 12.1 Å². The molecule has 18 heavy (non-hydrogen) atoms. The lowest BCUT2D eigenvalue weighted by Gasteiger charge is -2.25. The van der Waals surface area contributed by atoms with E-state index in [4.69, 9.17) is 5.11 Å². The number of amides is 1. The number of hydrogen-bond donors (Lipinski definition) is 1. The number of alkyl halides is 3. The van der Waals surface area contributed by atoms with Crippen LogP contribution in [0.2, 0.25) is 0 Å². The second kappa shape index (κ2) is 7.07. The molecule has 0 aliphatic rings. The lowest BCUT2D eigenvalue weighted by atomic mass is 10.2. The molecule has 0 saturated heterocycles. The zero-order valence-electron chi connectivity index (χ0n) is 10.2. The first-order valence-corrected chi connectivity index (χ1v) is 5.35. The highest BCUT2D eigenvalue weighted by molar-refractivity contribution is 5.68. The monoisotopic (exact) mass is 271 g/mol. The molecule has 8 heteroatoms. The van der Waals surface area contributed by atoms with Crippen LogP contribution in [0.3, 0.4) is 0 Å². The van der Waals surface area contributed by atoms with Crippen molar-refractivity contribution in [3.05, 3.63) is 0 Å². The van der Waals surface area contributed by atoms with E-state index in [9.17, 15) is 22.8 Å². The third-order valence-corrected chi connectivity index (χ3v) is 2.01. The van der Waals surface area contributed by atoms with Gasteiger partial charge in [-0.25, -0.2) is 4.79 Å². The van der Waals surface area contributed by atoms with Crippen molar-refractivity contribution in [2.75, 3.05) is 13.2 Å². The molecule has 5 nitrogen and oxygen atoms in total. The van der Waals surface area contributed by atoms with Crippen LogP contribution < -0.4 is 0 Å². The minimum atomic E-state index is -4.57. The highest BCUT2D eigenvalue weighted by Gasteiger charge is 2.31. The predicted octanol–water partition coefficient (Wildman–Crippen LogP) is 2.26. The van der Waals surface area contributed by atoms with Gasteiger partial charge < -0.3 is 14.7 Å². The molecule has 0 unspecified atom stereocenters. The molecule has 0 bridgehead atoms. The Kier molecular flexibility index (Phi) is 6.50. The maximum absolute atomic E-state index is 11.9. The first-order valence-electron chi connectivity index (χ1n) is 5.35. The van der Waals surface area contributed by atoms with Crippen molar-refractivity contribution < 1.29 is 32.6 Å². The molecule has 0 atom stereocenters.